The second-order valence-corrected chi connectivity index (χ2v) is 5.02. The smallest absolute Gasteiger partial charge is 0.271 e. The first-order valence-electron chi connectivity index (χ1n) is 7.55. The summed E-state index contributed by atoms with van der Waals surface area (Å²) < 4.78 is 5.62. The van der Waals surface area contributed by atoms with E-state index in [9.17, 15) is 14.9 Å². The number of carbonyl (C=O) groups is 1. The molecule has 0 heterocycles. The molecule has 0 aliphatic carbocycles. The van der Waals surface area contributed by atoms with Gasteiger partial charge in [0.1, 0.15) is 5.75 Å². The lowest BCUT2D eigenvalue weighted by molar-refractivity contribution is -0.384. The van der Waals surface area contributed by atoms with Gasteiger partial charge in [0.25, 0.3) is 5.69 Å². The molecule has 2 aromatic rings. The van der Waals surface area contributed by atoms with E-state index in [1.54, 1.807) is 12.1 Å². The Morgan fingerprint density at radius 2 is 2.04 bits per heavy atom. The van der Waals surface area contributed by atoms with Crippen molar-refractivity contribution in [1.29, 1.82) is 0 Å². The van der Waals surface area contributed by atoms with Gasteiger partial charge in [0.05, 0.1) is 11.5 Å². The third-order valence-corrected chi connectivity index (χ3v) is 3.12. The SMILES string of the molecule is CCCOc1ccccc1/C=C/C(=O)Nc1cccc([N+](=O)[O-])c1. The van der Waals surface area contributed by atoms with Crippen LogP contribution in [0.4, 0.5) is 11.4 Å². The van der Waals surface area contributed by atoms with Crippen LogP contribution in [-0.2, 0) is 4.79 Å². The van der Waals surface area contributed by atoms with Crippen LogP contribution in [0.3, 0.4) is 0 Å². The van der Waals surface area contributed by atoms with Crippen molar-refractivity contribution in [2.45, 2.75) is 13.3 Å². The molecule has 6 heteroatoms. The first-order chi connectivity index (χ1) is 11.6. The number of nitro benzene ring substituents is 1. The van der Waals surface area contributed by atoms with E-state index in [0.717, 1.165) is 12.0 Å². The van der Waals surface area contributed by atoms with Crippen molar-refractivity contribution in [1.82, 2.24) is 0 Å². The fraction of sp³-hybridized carbons (Fsp3) is 0.167. The maximum Gasteiger partial charge on any atom is 0.271 e. The number of benzene rings is 2. The Morgan fingerprint density at radius 3 is 2.79 bits per heavy atom. The van der Waals surface area contributed by atoms with Crippen LogP contribution in [0.15, 0.2) is 54.6 Å². The summed E-state index contributed by atoms with van der Waals surface area (Å²) in [6.45, 7) is 2.62. The zero-order chi connectivity index (χ0) is 17.4. The molecular formula is C18H18N2O4. The number of anilines is 1. The number of rotatable bonds is 7. The first kappa shape index (κ1) is 17.2. The largest absolute Gasteiger partial charge is 0.493 e. The molecule has 1 N–H and O–H groups in total. The maximum atomic E-state index is 12.0. The van der Waals surface area contributed by atoms with Crippen LogP contribution in [0.2, 0.25) is 0 Å². The standard InChI is InChI=1S/C18H18N2O4/c1-2-12-24-17-9-4-3-6-14(17)10-11-18(21)19-15-7-5-8-16(13-15)20(22)23/h3-11,13H,2,12H2,1H3,(H,19,21)/b11-10+. The average Bonchev–Trinajstić information content (AvgIpc) is 2.59. The van der Waals surface area contributed by atoms with E-state index < -0.39 is 4.92 Å². The molecule has 0 aliphatic heterocycles. The molecule has 2 aromatic carbocycles. The molecule has 0 aromatic heterocycles. The number of ether oxygens (including phenoxy) is 1. The first-order valence-corrected chi connectivity index (χ1v) is 7.55. The van der Waals surface area contributed by atoms with Crippen LogP contribution in [-0.4, -0.2) is 17.4 Å². The molecular weight excluding hydrogens is 308 g/mol. The highest BCUT2D eigenvalue weighted by atomic mass is 16.6. The molecule has 124 valence electrons. The number of amides is 1. The third kappa shape index (κ3) is 4.95. The normalized spacial score (nSPS) is 10.5. The number of carbonyl (C=O) groups excluding carboxylic acids is 1. The fourth-order valence-corrected chi connectivity index (χ4v) is 2.01. The summed E-state index contributed by atoms with van der Waals surface area (Å²) in [6, 6.07) is 13.2. The monoisotopic (exact) mass is 326 g/mol. The van der Waals surface area contributed by atoms with Gasteiger partial charge in [0.15, 0.2) is 0 Å². The predicted molar refractivity (Wildman–Crippen MR) is 93.0 cm³/mol. The van der Waals surface area contributed by atoms with Crippen molar-refractivity contribution in [3.05, 3.63) is 70.3 Å². The molecule has 6 nitrogen and oxygen atoms in total. The van der Waals surface area contributed by atoms with Crippen molar-refractivity contribution in [2.75, 3.05) is 11.9 Å². The summed E-state index contributed by atoms with van der Waals surface area (Å²) in [4.78, 5) is 22.2. The van der Waals surface area contributed by atoms with Gasteiger partial charge in [-0.1, -0.05) is 31.2 Å². The lowest BCUT2D eigenvalue weighted by Gasteiger charge is -2.07. The van der Waals surface area contributed by atoms with Gasteiger partial charge in [0, 0.05) is 29.5 Å². The molecule has 24 heavy (non-hydrogen) atoms. The minimum Gasteiger partial charge on any atom is -0.493 e. The van der Waals surface area contributed by atoms with Gasteiger partial charge in [-0.3, -0.25) is 14.9 Å². The van der Waals surface area contributed by atoms with Crippen molar-refractivity contribution in [2.24, 2.45) is 0 Å². The van der Waals surface area contributed by atoms with Crippen molar-refractivity contribution in [3.63, 3.8) is 0 Å². The van der Waals surface area contributed by atoms with E-state index in [1.165, 1.54) is 24.3 Å². The highest BCUT2D eigenvalue weighted by Gasteiger charge is 2.07. The summed E-state index contributed by atoms with van der Waals surface area (Å²) in [5.41, 5.74) is 1.09. The molecule has 0 unspecified atom stereocenters. The van der Waals surface area contributed by atoms with Crippen LogP contribution in [0.5, 0.6) is 5.75 Å². The number of hydrogen-bond acceptors (Lipinski definition) is 4. The van der Waals surface area contributed by atoms with Crippen LogP contribution in [0.25, 0.3) is 6.08 Å². The molecule has 2 rings (SSSR count). The van der Waals surface area contributed by atoms with Gasteiger partial charge < -0.3 is 10.1 Å². The van der Waals surface area contributed by atoms with Gasteiger partial charge >= 0.3 is 0 Å². The highest BCUT2D eigenvalue weighted by Crippen LogP contribution is 2.20. The number of nitrogens with zero attached hydrogens (tertiary/aromatic N) is 1. The molecule has 0 atom stereocenters. The predicted octanol–water partition coefficient (Wildman–Crippen LogP) is 4.04. The number of para-hydroxylation sites is 1. The summed E-state index contributed by atoms with van der Waals surface area (Å²) >= 11 is 0. The fourth-order valence-electron chi connectivity index (χ4n) is 2.01. The van der Waals surface area contributed by atoms with Crippen LogP contribution >= 0.6 is 0 Å². The van der Waals surface area contributed by atoms with Gasteiger partial charge in [-0.25, -0.2) is 0 Å². The molecule has 0 aliphatic rings. The number of nitro groups is 1. The number of nitrogens with one attached hydrogen (secondary N) is 1. The molecule has 0 fully saturated rings. The van der Waals surface area contributed by atoms with Gasteiger partial charge in [-0.05, 0) is 24.6 Å². The van der Waals surface area contributed by atoms with Crippen LogP contribution in [0.1, 0.15) is 18.9 Å². The van der Waals surface area contributed by atoms with Gasteiger partial charge in [-0.15, -0.1) is 0 Å². The van der Waals surface area contributed by atoms with Crippen molar-refractivity contribution in [3.8, 4) is 5.75 Å². The van der Waals surface area contributed by atoms with E-state index in [4.69, 9.17) is 4.74 Å². The Bertz CT molecular complexity index is 756. The van der Waals surface area contributed by atoms with E-state index in [1.807, 2.05) is 31.2 Å². The minimum atomic E-state index is -0.507. The minimum absolute atomic E-state index is 0.0740. The lowest BCUT2D eigenvalue weighted by Crippen LogP contribution is -2.08. The summed E-state index contributed by atoms with van der Waals surface area (Å²) in [5, 5.41) is 13.3. The van der Waals surface area contributed by atoms with E-state index in [-0.39, 0.29) is 11.6 Å². The summed E-state index contributed by atoms with van der Waals surface area (Å²) in [5.74, 6) is 0.333. The Labute approximate surface area is 139 Å². The quantitative estimate of drug-likeness (QED) is 0.473. The second kappa shape index (κ2) is 8.47. The Hall–Kier alpha value is -3.15. The Morgan fingerprint density at radius 1 is 1.25 bits per heavy atom. The van der Waals surface area contributed by atoms with Crippen molar-refractivity contribution < 1.29 is 14.5 Å². The van der Waals surface area contributed by atoms with Crippen LogP contribution in [0, 0.1) is 10.1 Å². The third-order valence-electron chi connectivity index (χ3n) is 3.12. The zero-order valence-corrected chi connectivity index (χ0v) is 13.3. The maximum absolute atomic E-state index is 12.0. The number of non-ortho nitro benzene ring substituents is 1. The summed E-state index contributed by atoms with van der Waals surface area (Å²) in [6.07, 6.45) is 3.91. The van der Waals surface area contributed by atoms with E-state index in [2.05, 4.69) is 5.32 Å². The van der Waals surface area contributed by atoms with Crippen LogP contribution < -0.4 is 10.1 Å². The van der Waals surface area contributed by atoms with Gasteiger partial charge in [0.2, 0.25) is 5.91 Å². The van der Waals surface area contributed by atoms with Gasteiger partial charge in [-0.2, -0.15) is 0 Å². The molecule has 0 saturated heterocycles. The topological polar surface area (TPSA) is 81.5 Å². The highest BCUT2D eigenvalue weighted by molar-refractivity contribution is 6.02. The van der Waals surface area contributed by atoms with E-state index >= 15 is 0 Å². The average molecular weight is 326 g/mol. The molecule has 1 amide bonds. The Balaban J connectivity index is 2.06. The second-order valence-electron chi connectivity index (χ2n) is 5.02. The molecule has 0 saturated carbocycles. The summed E-state index contributed by atoms with van der Waals surface area (Å²) in [7, 11) is 0. The van der Waals surface area contributed by atoms with E-state index in [0.29, 0.717) is 18.0 Å². The Kier molecular flexibility index (Phi) is 6.08. The molecule has 0 radical (unpaired) electrons. The molecule has 0 bridgehead atoms. The van der Waals surface area contributed by atoms with Crippen molar-refractivity contribution >= 4 is 23.4 Å². The molecule has 0 spiro atoms. The zero-order valence-electron chi connectivity index (χ0n) is 13.3. The lowest BCUT2D eigenvalue weighted by atomic mass is 10.2. The number of hydrogen-bond donors (Lipinski definition) is 1.